The summed E-state index contributed by atoms with van der Waals surface area (Å²) in [6.07, 6.45) is 0. The SMILES string of the molecule is Cc1cc(C)c(NC(=O)C(=O)N(C)CCO)c(C)c1. The molecule has 0 bridgehead atoms. The van der Waals surface area contributed by atoms with Gasteiger partial charge < -0.3 is 15.3 Å². The summed E-state index contributed by atoms with van der Waals surface area (Å²) in [5.41, 5.74) is 3.62. The Balaban J connectivity index is 2.86. The van der Waals surface area contributed by atoms with Gasteiger partial charge in [0.15, 0.2) is 0 Å². The van der Waals surface area contributed by atoms with Gasteiger partial charge in [-0.2, -0.15) is 0 Å². The van der Waals surface area contributed by atoms with Crippen molar-refractivity contribution >= 4 is 17.5 Å². The fourth-order valence-corrected chi connectivity index (χ4v) is 1.97. The molecule has 1 aromatic carbocycles. The highest BCUT2D eigenvalue weighted by atomic mass is 16.3. The van der Waals surface area contributed by atoms with E-state index in [9.17, 15) is 9.59 Å². The molecule has 2 N–H and O–H groups in total. The molecule has 0 unspecified atom stereocenters. The first-order chi connectivity index (χ1) is 8.86. The van der Waals surface area contributed by atoms with Gasteiger partial charge in [0.1, 0.15) is 0 Å². The Labute approximate surface area is 113 Å². The first kappa shape index (κ1) is 15.2. The lowest BCUT2D eigenvalue weighted by Gasteiger charge is -2.17. The zero-order chi connectivity index (χ0) is 14.6. The molecule has 5 nitrogen and oxygen atoms in total. The number of aliphatic hydroxyl groups excluding tert-OH is 1. The van der Waals surface area contributed by atoms with E-state index in [0.29, 0.717) is 5.69 Å². The van der Waals surface area contributed by atoms with Crippen molar-refractivity contribution in [3.8, 4) is 0 Å². The van der Waals surface area contributed by atoms with E-state index in [1.165, 1.54) is 11.9 Å². The summed E-state index contributed by atoms with van der Waals surface area (Å²) in [4.78, 5) is 24.8. The summed E-state index contributed by atoms with van der Waals surface area (Å²) in [5.74, 6) is -1.35. The van der Waals surface area contributed by atoms with E-state index in [4.69, 9.17) is 5.11 Å². The Bertz CT molecular complexity index is 474. The Morgan fingerprint density at radius 2 is 1.74 bits per heavy atom. The van der Waals surface area contributed by atoms with Crippen LogP contribution in [0.3, 0.4) is 0 Å². The van der Waals surface area contributed by atoms with Crippen molar-refractivity contribution in [1.29, 1.82) is 0 Å². The fraction of sp³-hybridized carbons (Fsp3) is 0.429. The lowest BCUT2D eigenvalue weighted by atomic mass is 10.1. The molecule has 0 atom stereocenters. The van der Waals surface area contributed by atoms with Crippen LogP contribution in [0.1, 0.15) is 16.7 Å². The second kappa shape index (κ2) is 6.33. The van der Waals surface area contributed by atoms with Crippen LogP contribution in [-0.2, 0) is 9.59 Å². The molecule has 1 aromatic rings. The van der Waals surface area contributed by atoms with Crippen LogP contribution in [-0.4, -0.2) is 42.0 Å². The van der Waals surface area contributed by atoms with Crippen molar-refractivity contribution in [1.82, 2.24) is 4.90 Å². The Hall–Kier alpha value is -1.88. The Morgan fingerprint density at radius 1 is 1.21 bits per heavy atom. The van der Waals surface area contributed by atoms with E-state index in [2.05, 4.69) is 5.32 Å². The maximum absolute atomic E-state index is 11.8. The van der Waals surface area contributed by atoms with E-state index in [-0.39, 0.29) is 13.2 Å². The Kier molecular flexibility index (Phi) is 5.06. The van der Waals surface area contributed by atoms with Crippen LogP contribution in [0.4, 0.5) is 5.69 Å². The summed E-state index contributed by atoms with van der Waals surface area (Å²) in [5, 5.41) is 11.4. The first-order valence-electron chi connectivity index (χ1n) is 6.12. The van der Waals surface area contributed by atoms with Crippen LogP contribution >= 0.6 is 0 Å². The smallest absolute Gasteiger partial charge is 0.313 e. The third-order valence-corrected chi connectivity index (χ3v) is 2.89. The molecule has 0 aliphatic rings. The minimum atomic E-state index is -0.689. The standard InChI is InChI=1S/C14H20N2O3/c1-9-7-10(2)12(11(3)8-9)15-13(18)14(19)16(4)5-6-17/h7-8,17H,5-6H2,1-4H3,(H,15,18). The zero-order valence-electron chi connectivity index (χ0n) is 11.8. The van der Waals surface area contributed by atoms with Crippen molar-refractivity contribution in [3.63, 3.8) is 0 Å². The molecule has 0 saturated carbocycles. The predicted molar refractivity (Wildman–Crippen MR) is 74.0 cm³/mol. The number of hydrogen-bond acceptors (Lipinski definition) is 3. The van der Waals surface area contributed by atoms with Crippen molar-refractivity contribution < 1.29 is 14.7 Å². The van der Waals surface area contributed by atoms with Crippen LogP contribution < -0.4 is 5.32 Å². The highest BCUT2D eigenvalue weighted by molar-refractivity contribution is 6.39. The molecule has 19 heavy (non-hydrogen) atoms. The molecule has 0 heterocycles. The molecule has 0 fully saturated rings. The minimum Gasteiger partial charge on any atom is -0.395 e. The zero-order valence-corrected chi connectivity index (χ0v) is 11.8. The van der Waals surface area contributed by atoms with E-state index in [0.717, 1.165) is 16.7 Å². The van der Waals surface area contributed by atoms with Gasteiger partial charge in [-0.25, -0.2) is 0 Å². The van der Waals surface area contributed by atoms with Gasteiger partial charge in [0.25, 0.3) is 0 Å². The molecule has 0 aromatic heterocycles. The number of carbonyl (C=O) groups is 2. The van der Waals surface area contributed by atoms with Crippen molar-refractivity contribution in [2.75, 3.05) is 25.5 Å². The van der Waals surface area contributed by atoms with Crippen LogP contribution in [0.25, 0.3) is 0 Å². The van der Waals surface area contributed by atoms with Gasteiger partial charge in [0.2, 0.25) is 0 Å². The highest BCUT2D eigenvalue weighted by Gasteiger charge is 2.19. The average Bonchev–Trinajstić information content (AvgIpc) is 2.32. The number of aryl methyl sites for hydroxylation is 3. The normalized spacial score (nSPS) is 10.2. The maximum atomic E-state index is 11.8. The van der Waals surface area contributed by atoms with Gasteiger partial charge in [-0.3, -0.25) is 9.59 Å². The molecule has 0 radical (unpaired) electrons. The maximum Gasteiger partial charge on any atom is 0.313 e. The Morgan fingerprint density at radius 3 is 2.21 bits per heavy atom. The van der Waals surface area contributed by atoms with Gasteiger partial charge in [-0.15, -0.1) is 0 Å². The number of rotatable bonds is 3. The van der Waals surface area contributed by atoms with Crippen LogP contribution in [0.5, 0.6) is 0 Å². The van der Waals surface area contributed by atoms with Crippen molar-refractivity contribution in [2.24, 2.45) is 0 Å². The summed E-state index contributed by atoms with van der Waals surface area (Å²) < 4.78 is 0. The number of likely N-dealkylation sites (N-methyl/N-ethyl adjacent to an activating group) is 1. The number of amides is 2. The van der Waals surface area contributed by atoms with E-state index in [1.54, 1.807) is 0 Å². The second-order valence-corrected chi connectivity index (χ2v) is 4.68. The molecule has 0 aliphatic heterocycles. The molecule has 5 heteroatoms. The highest BCUT2D eigenvalue weighted by Crippen LogP contribution is 2.21. The summed E-state index contributed by atoms with van der Waals surface area (Å²) in [6.45, 7) is 5.72. The van der Waals surface area contributed by atoms with Gasteiger partial charge in [0, 0.05) is 19.3 Å². The molecule has 0 spiro atoms. The van der Waals surface area contributed by atoms with Gasteiger partial charge in [-0.05, 0) is 31.9 Å². The summed E-state index contributed by atoms with van der Waals surface area (Å²) >= 11 is 0. The fourth-order valence-electron chi connectivity index (χ4n) is 1.97. The number of benzene rings is 1. The number of aliphatic hydroxyl groups is 1. The van der Waals surface area contributed by atoms with Crippen molar-refractivity contribution in [3.05, 3.63) is 28.8 Å². The lowest BCUT2D eigenvalue weighted by Crippen LogP contribution is -2.38. The number of carbonyl (C=O) groups excluding carboxylic acids is 2. The third kappa shape index (κ3) is 3.79. The van der Waals surface area contributed by atoms with Crippen LogP contribution in [0.15, 0.2) is 12.1 Å². The first-order valence-corrected chi connectivity index (χ1v) is 6.12. The van der Waals surface area contributed by atoms with E-state index < -0.39 is 11.8 Å². The van der Waals surface area contributed by atoms with Gasteiger partial charge in [-0.1, -0.05) is 17.7 Å². The van der Waals surface area contributed by atoms with Crippen molar-refractivity contribution in [2.45, 2.75) is 20.8 Å². The molecule has 104 valence electrons. The minimum absolute atomic E-state index is 0.137. The number of anilines is 1. The molecule has 2 amide bonds. The number of hydrogen-bond donors (Lipinski definition) is 2. The van der Waals surface area contributed by atoms with Crippen LogP contribution in [0.2, 0.25) is 0 Å². The summed E-state index contributed by atoms with van der Waals surface area (Å²) in [7, 11) is 1.48. The molecular weight excluding hydrogens is 244 g/mol. The monoisotopic (exact) mass is 264 g/mol. The quantitative estimate of drug-likeness (QED) is 0.800. The molecular formula is C14H20N2O3. The third-order valence-electron chi connectivity index (χ3n) is 2.89. The van der Waals surface area contributed by atoms with Gasteiger partial charge >= 0.3 is 11.8 Å². The largest absolute Gasteiger partial charge is 0.395 e. The van der Waals surface area contributed by atoms with E-state index >= 15 is 0 Å². The van der Waals surface area contributed by atoms with E-state index in [1.807, 2.05) is 32.9 Å². The lowest BCUT2D eigenvalue weighted by molar-refractivity contribution is -0.142. The average molecular weight is 264 g/mol. The summed E-state index contributed by atoms with van der Waals surface area (Å²) in [6, 6.07) is 3.90. The number of nitrogens with one attached hydrogen (secondary N) is 1. The second-order valence-electron chi connectivity index (χ2n) is 4.68. The van der Waals surface area contributed by atoms with Gasteiger partial charge in [0.05, 0.1) is 6.61 Å². The molecule has 1 rings (SSSR count). The molecule has 0 saturated heterocycles. The van der Waals surface area contributed by atoms with Crippen LogP contribution in [0, 0.1) is 20.8 Å². The predicted octanol–water partition coefficient (Wildman–Crippen LogP) is 1.00. The topological polar surface area (TPSA) is 69.6 Å². The molecule has 0 aliphatic carbocycles. The number of nitrogens with zero attached hydrogens (tertiary/aromatic N) is 1.